The van der Waals surface area contributed by atoms with Crippen molar-refractivity contribution in [2.45, 2.75) is 13.2 Å². The quantitative estimate of drug-likeness (QED) is 0.437. The maximum Gasteiger partial charge on any atom is 0.246 e. The Morgan fingerprint density at radius 2 is 1.67 bits per heavy atom. The fourth-order valence-electron chi connectivity index (χ4n) is 3.82. The van der Waals surface area contributed by atoms with Gasteiger partial charge in [0.25, 0.3) is 0 Å². The molecule has 7 nitrogen and oxygen atoms in total. The highest BCUT2D eigenvalue weighted by molar-refractivity contribution is 5.94. The lowest BCUT2D eigenvalue weighted by atomic mass is 9.98. The Kier molecular flexibility index (Phi) is 8.24. The molecular formula is C29H30N2O5. The average Bonchev–Trinajstić information content (AvgIpc) is 2.89. The van der Waals surface area contributed by atoms with Crippen LogP contribution in [0.3, 0.4) is 0 Å². The first-order chi connectivity index (χ1) is 17.6. The first-order valence-electron chi connectivity index (χ1n) is 11.8. The molecule has 1 saturated heterocycles. The number of rotatable bonds is 10. The van der Waals surface area contributed by atoms with Gasteiger partial charge >= 0.3 is 0 Å². The van der Waals surface area contributed by atoms with Crippen LogP contribution < -0.4 is 19.5 Å². The van der Waals surface area contributed by atoms with Gasteiger partial charge in [-0.2, -0.15) is 0 Å². The summed E-state index contributed by atoms with van der Waals surface area (Å²) >= 11 is 0. The fourth-order valence-corrected chi connectivity index (χ4v) is 3.82. The first-order valence-corrected chi connectivity index (χ1v) is 11.8. The Morgan fingerprint density at radius 3 is 2.36 bits per heavy atom. The van der Waals surface area contributed by atoms with Gasteiger partial charge in [0, 0.05) is 25.7 Å². The van der Waals surface area contributed by atoms with E-state index in [1.54, 1.807) is 25.2 Å². The van der Waals surface area contributed by atoms with Crippen LogP contribution in [0.4, 0.5) is 0 Å². The summed E-state index contributed by atoms with van der Waals surface area (Å²) in [4.78, 5) is 26.6. The predicted molar refractivity (Wildman–Crippen MR) is 138 cm³/mol. The number of nitrogens with zero attached hydrogens (tertiary/aromatic N) is 1. The molecule has 186 valence electrons. The minimum atomic E-state index is -0.193. The molecule has 1 aliphatic heterocycles. The molecule has 0 aromatic heterocycles. The largest absolute Gasteiger partial charge is 0.497 e. The maximum atomic E-state index is 12.5. The molecule has 0 bridgehead atoms. The fraction of sp³-hybridized carbons (Fsp3) is 0.241. The minimum Gasteiger partial charge on any atom is -0.497 e. The number of nitrogens with one attached hydrogen (secondary N) is 1. The third kappa shape index (κ3) is 6.44. The van der Waals surface area contributed by atoms with Crippen LogP contribution >= 0.6 is 0 Å². The number of amides is 2. The van der Waals surface area contributed by atoms with Gasteiger partial charge in [-0.1, -0.05) is 48.5 Å². The molecule has 0 saturated carbocycles. The Bertz CT molecular complexity index is 1200. The van der Waals surface area contributed by atoms with Gasteiger partial charge in [0.2, 0.25) is 11.8 Å². The summed E-state index contributed by atoms with van der Waals surface area (Å²) in [6.45, 7) is 1.70. The van der Waals surface area contributed by atoms with E-state index in [2.05, 4.69) is 5.32 Å². The molecule has 0 spiro atoms. The second-order valence-electron chi connectivity index (χ2n) is 8.52. The van der Waals surface area contributed by atoms with Crippen LogP contribution in [-0.4, -0.2) is 44.0 Å². The maximum absolute atomic E-state index is 12.5. The van der Waals surface area contributed by atoms with Gasteiger partial charge < -0.3 is 24.4 Å². The predicted octanol–water partition coefficient (Wildman–Crippen LogP) is 4.07. The van der Waals surface area contributed by atoms with Crippen molar-refractivity contribution in [2.24, 2.45) is 5.92 Å². The summed E-state index contributed by atoms with van der Waals surface area (Å²) in [6.07, 6.45) is 3.26. The van der Waals surface area contributed by atoms with Crippen molar-refractivity contribution in [1.29, 1.82) is 0 Å². The molecule has 2 amide bonds. The van der Waals surface area contributed by atoms with E-state index in [-0.39, 0.29) is 17.7 Å². The van der Waals surface area contributed by atoms with E-state index < -0.39 is 0 Å². The van der Waals surface area contributed by atoms with E-state index in [9.17, 15) is 9.59 Å². The second kappa shape index (κ2) is 11.9. The number of ether oxygens (including phenoxy) is 3. The number of likely N-dealkylation sites (tertiary alicyclic amines) is 1. The summed E-state index contributed by atoms with van der Waals surface area (Å²) < 4.78 is 16.5. The molecule has 0 unspecified atom stereocenters. The van der Waals surface area contributed by atoms with Crippen LogP contribution in [0.25, 0.3) is 6.08 Å². The van der Waals surface area contributed by atoms with Gasteiger partial charge in [-0.25, -0.2) is 0 Å². The lowest BCUT2D eigenvalue weighted by Gasteiger charge is -2.37. The third-order valence-corrected chi connectivity index (χ3v) is 6.03. The summed E-state index contributed by atoms with van der Waals surface area (Å²) in [5, 5.41) is 2.93. The SMILES string of the molecule is COc1ccc(CNC(=O)C2CN(C(=O)/C=C/c3ccc(OCc4ccccc4)c(OC)c3)C2)cc1. The normalized spacial score (nSPS) is 13.2. The minimum absolute atomic E-state index is 0.0466. The van der Waals surface area contributed by atoms with Crippen LogP contribution in [0.5, 0.6) is 17.2 Å². The molecule has 3 aromatic rings. The lowest BCUT2D eigenvalue weighted by molar-refractivity contribution is -0.139. The molecule has 0 radical (unpaired) electrons. The molecule has 7 heteroatoms. The number of carbonyl (C=O) groups excluding carboxylic acids is 2. The molecule has 1 N–H and O–H groups in total. The molecule has 1 heterocycles. The second-order valence-corrected chi connectivity index (χ2v) is 8.52. The van der Waals surface area contributed by atoms with Gasteiger partial charge in [-0.15, -0.1) is 0 Å². The number of hydrogen-bond donors (Lipinski definition) is 1. The zero-order chi connectivity index (χ0) is 25.3. The van der Waals surface area contributed by atoms with Crippen LogP contribution in [0.2, 0.25) is 0 Å². The van der Waals surface area contributed by atoms with E-state index in [4.69, 9.17) is 14.2 Å². The number of benzene rings is 3. The van der Waals surface area contributed by atoms with Crippen LogP contribution in [0.15, 0.2) is 78.9 Å². The van der Waals surface area contributed by atoms with Gasteiger partial charge in [0.05, 0.1) is 20.1 Å². The summed E-state index contributed by atoms with van der Waals surface area (Å²) in [5.74, 6) is 1.64. The van der Waals surface area contributed by atoms with E-state index in [1.807, 2.05) is 72.8 Å². The summed E-state index contributed by atoms with van der Waals surface area (Å²) in [7, 11) is 3.20. The van der Waals surface area contributed by atoms with Gasteiger partial charge in [0.15, 0.2) is 11.5 Å². The highest BCUT2D eigenvalue weighted by Gasteiger charge is 2.34. The highest BCUT2D eigenvalue weighted by Crippen LogP contribution is 2.29. The van der Waals surface area contributed by atoms with E-state index in [0.29, 0.717) is 37.7 Å². The highest BCUT2D eigenvalue weighted by atomic mass is 16.5. The number of hydrogen-bond acceptors (Lipinski definition) is 5. The van der Waals surface area contributed by atoms with E-state index in [1.165, 1.54) is 6.08 Å². The van der Waals surface area contributed by atoms with Crippen molar-refractivity contribution in [1.82, 2.24) is 10.2 Å². The smallest absolute Gasteiger partial charge is 0.246 e. The Balaban J connectivity index is 1.23. The zero-order valence-corrected chi connectivity index (χ0v) is 20.5. The topological polar surface area (TPSA) is 77.1 Å². The van der Waals surface area contributed by atoms with E-state index >= 15 is 0 Å². The number of methoxy groups -OCH3 is 2. The third-order valence-electron chi connectivity index (χ3n) is 6.03. The monoisotopic (exact) mass is 486 g/mol. The van der Waals surface area contributed by atoms with Crippen molar-refractivity contribution in [3.05, 3.63) is 95.6 Å². The molecule has 0 atom stereocenters. The molecule has 1 aliphatic rings. The van der Waals surface area contributed by atoms with Gasteiger partial charge in [-0.3, -0.25) is 9.59 Å². The molecule has 1 fully saturated rings. The number of carbonyl (C=O) groups is 2. The van der Waals surface area contributed by atoms with Crippen LogP contribution in [0, 0.1) is 5.92 Å². The molecule has 4 rings (SSSR count). The Hall–Kier alpha value is -4.26. The molecule has 3 aromatic carbocycles. The van der Waals surface area contributed by atoms with Crippen molar-refractivity contribution < 1.29 is 23.8 Å². The molecular weight excluding hydrogens is 456 g/mol. The van der Waals surface area contributed by atoms with Crippen molar-refractivity contribution in [3.63, 3.8) is 0 Å². The van der Waals surface area contributed by atoms with Crippen LogP contribution in [-0.2, 0) is 22.7 Å². The van der Waals surface area contributed by atoms with Gasteiger partial charge in [-0.05, 0) is 47.0 Å². The van der Waals surface area contributed by atoms with E-state index in [0.717, 1.165) is 22.4 Å². The summed E-state index contributed by atoms with van der Waals surface area (Å²) in [5.41, 5.74) is 2.88. The van der Waals surface area contributed by atoms with Crippen molar-refractivity contribution >= 4 is 17.9 Å². The average molecular weight is 487 g/mol. The van der Waals surface area contributed by atoms with Gasteiger partial charge in [0.1, 0.15) is 12.4 Å². The molecule has 36 heavy (non-hydrogen) atoms. The molecule has 0 aliphatic carbocycles. The van der Waals surface area contributed by atoms with Crippen molar-refractivity contribution in [3.8, 4) is 17.2 Å². The van der Waals surface area contributed by atoms with Crippen LogP contribution in [0.1, 0.15) is 16.7 Å². The Labute approximate surface area is 211 Å². The zero-order valence-electron chi connectivity index (χ0n) is 20.5. The Morgan fingerprint density at radius 1 is 0.917 bits per heavy atom. The van der Waals surface area contributed by atoms with Crippen molar-refractivity contribution in [2.75, 3.05) is 27.3 Å². The first kappa shape index (κ1) is 24.9. The summed E-state index contributed by atoms with van der Waals surface area (Å²) in [6, 6.07) is 23.0. The lowest BCUT2D eigenvalue weighted by Crippen LogP contribution is -2.55. The standard InChI is InChI=1S/C29H30N2O5/c1-34-25-12-8-22(9-13-25)17-30-29(33)24-18-31(19-24)28(32)15-11-21-10-14-26(27(16-21)35-2)36-20-23-6-4-3-5-7-23/h3-16,24H,17-20H2,1-2H3,(H,30,33)/b15-11+.